The molecule has 0 atom stereocenters. The minimum Gasteiger partial charge on any atom is -0.303 e. The number of aromatic nitrogens is 2. The number of rotatable bonds is 1. The zero-order chi connectivity index (χ0) is 9.42. The minimum atomic E-state index is 1.00. The fraction of sp³-hybridized carbons (Fsp3) is 0.182. The molecule has 0 aliphatic rings. The van der Waals surface area contributed by atoms with Crippen molar-refractivity contribution < 1.29 is 0 Å². The molecule has 2 nitrogen and oxygen atoms in total. The number of fused-ring (bicyclic) bond motifs is 1. The zero-order valence-corrected chi connectivity index (χ0v) is 7.91. The van der Waals surface area contributed by atoms with E-state index in [2.05, 4.69) is 29.1 Å². The Morgan fingerprint density at radius 1 is 1.38 bits per heavy atom. The van der Waals surface area contributed by atoms with Crippen LogP contribution in [0.25, 0.3) is 11.7 Å². The van der Waals surface area contributed by atoms with E-state index in [1.54, 1.807) is 0 Å². The molecule has 0 N–H and O–H groups in total. The zero-order valence-electron chi connectivity index (χ0n) is 7.91. The monoisotopic (exact) mass is 172 g/mol. The summed E-state index contributed by atoms with van der Waals surface area (Å²) in [6, 6.07) is 4.03. The Bertz CT molecular complexity index is 466. The van der Waals surface area contributed by atoms with E-state index in [1.165, 1.54) is 5.69 Å². The van der Waals surface area contributed by atoms with Crippen molar-refractivity contribution in [2.45, 2.75) is 13.8 Å². The maximum atomic E-state index is 4.42. The average molecular weight is 172 g/mol. The van der Waals surface area contributed by atoms with Crippen molar-refractivity contribution >= 4 is 11.7 Å². The number of aryl methyl sites for hydroxylation is 2. The lowest BCUT2D eigenvalue weighted by Gasteiger charge is -1.97. The fourth-order valence-corrected chi connectivity index (χ4v) is 1.42. The Kier molecular flexibility index (Phi) is 1.69. The predicted octanol–water partition coefficient (Wildman–Crippen LogP) is 2.59. The first-order valence-electron chi connectivity index (χ1n) is 4.30. The summed E-state index contributed by atoms with van der Waals surface area (Å²) < 4.78 is 2.09. The molecule has 0 spiro atoms. The Labute approximate surface area is 77.5 Å². The molecule has 13 heavy (non-hydrogen) atoms. The van der Waals surface area contributed by atoms with Gasteiger partial charge in [-0.15, -0.1) is 0 Å². The normalized spacial score (nSPS) is 10.6. The molecule has 0 amide bonds. The SMILES string of the molecule is C=Cc1ccc2nc(C)c(C)n2c1. The molecule has 0 unspecified atom stereocenters. The van der Waals surface area contributed by atoms with Crippen LogP contribution >= 0.6 is 0 Å². The van der Waals surface area contributed by atoms with Gasteiger partial charge in [0, 0.05) is 11.9 Å². The third kappa shape index (κ3) is 1.15. The summed E-state index contributed by atoms with van der Waals surface area (Å²) in [4.78, 5) is 4.42. The molecule has 0 aliphatic heterocycles. The molecule has 2 heteroatoms. The topological polar surface area (TPSA) is 17.3 Å². The Balaban J connectivity index is 2.81. The summed E-state index contributed by atoms with van der Waals surface area (Å²) in [6.45, 7) is 7.84. The quantitative estimate of drug-likeness (QED) is 0.646. The van der Waals surface area contributed by atoms with Crippen molar-refractivity contribution in [3.63, 3.8) is 0 Å². The summed E-state index contributed by atoms with van der Waals surface area (Å²) in [5, 5.41) is 0. The van der Waals surface area contributed by atoms with Crippen LogP contribution in [-0.2, 0) is 0 Å². The number of pyridine rings is 1. The minimum absolute atomic E-state index is 1.00. The van der Waals surface area contributed by atoms with Gasteiger partial charge in [-0.25, -0.2) is 4.98 Å². The van der Waals surface area contributed by atoms with E-state index in [4.69, 9.17) is 0 Å². The molecule has 0 bridgehead atoms. The van der Waals surface area contributed by atoms with Crippen molar-refractivity contribution in [3.05, 3.63) is 41.9 Å². The maximum Gasteiger partial charge on any atom is 0.137 e. The smallest absolute Gasteiger partial charge is 0.137 e. The summed E-state index contributed by atoms with van der Waals surface area (Å²) in [5.74, 6) is 0. The van der Waals surface area contributed by atoms with Crippen LogP contribution in [0, 0.1) is 13.8 Å². The fourth-order valence-electron chi connectivity index (χ4n) is 1.42. The van der Waals surface area contributed by atoms with Gasteiger partial charge in [0.1, 0.15) is 5.65 Å². The van der Waals surface area contributed by atoms with Gasteiger partial charge in [0.15, 0.2) is 0 Å². The van der Waals surface area contributed by atoms with E-state index in [1.807, 2.05) is 25.1 Å². The molecule has 0 saturated heterocycles. The standard InChI is InChI=1S/C11H12N2/c1-4-10-5-6-11-12-8(2)9(3)13(11)7-10/h4-7H,1H2,2-3H3. The lowest BCUT2D eigenvalue weighted by Crippen LogP contribution is -1.88. The van der Waals surface area contributed by atoms with E-state index < -0.39 is 0 Å². The average Bonchev–Trinajstić information content (AvgIpc) is 2.43. The summed E-state index contributed by atoms with van der Waals surface area (Å²) >= 11 is 0. The molecular weight excluding hydrogens is 160 g/mol. The van der Waals surface area contributed by atoms with Crippen molar-refractivity contribution in [1.82, 2.24) is 9.38 Å². The molecule has 0 saturated carbocycles. The van der Waals surface area contributed by atoms with Crippen LogP contribution in [0.4, 0.5) is 0 Å². The van der Waals surface area contributed by atoms with Crippen molar-refractivity contribution in [1.29, 1.82) is 0 Å². The van der Waals surface area contributed by atoms with Gasteiger partial charge in [-0.05, 0) is 31.5 Å². The van der Waals surface area contributed by atoms with Crippen molar-refractivity contribution in [2.24, 2.45) is 0 Å². The Morgan fingerprint density at radius 2 is 2.15 bits per heavy atom. The third-order valence-electron chi connectivity index (χ3n) is 2.35. The molecule has 2 aromatic rings. The predicted molar refractivity (Wildman–Crippen MR) is 54.8 cm³/mol. The molecule has 66 valence electrons. The van der Waals surface area contributed by atoms with Gasteiger partial charge in [0.25, 0.3) is 0 Å². The van der Waals surface area contributed by atoms with Gasteiger partial charge in [0.05, 0.1) is 5.69 Å². The highest BCUT2D eigenvalue weighted by atomic mass is 15.0. The summed E-state index contributed by atoms with van der Waals surface area (Å²) in [7, 11) is 0. The first kappa shape index (κ1) is 8.05. The highest BCUT2D eigenvalue weighted by Crippen LogP contribution is 2.12. The van der Waals surface area contributed by atoms with E-state index in [0.29, 0.717) is 0 Å². The molecule has 2 heterocycles. The van der Waals surface area contributed by atoms with Gasteiger partial charge in [-0.1, -0.05) is 12.7 Å². The van der Waals surface area contributed by atoms with Crippen molar-refractivity contribution in [2.75, 3.05) is 0 Å². The van der Waals surface area contributed by atoms with E-state index >= 15 is 0 Å². The van der Waals surface area contributed by atoms with Crippen LogP contribution in [0.15, 0.2) is 24.9 Å². The van der Waals surface area contributed by atoms with Crippen LogP contribution < -0.4 is 0 Å². The molecule has 0 fully saturated rings. The summed E-state index contributed by atoms with van der Waals surface area (Å²) in [5.41, 5.74) is 4.40. The highest BCUT2D eigenvalue weighted by Gasteiger charge is 2.02. The number of hydrogen-bond donors (Lipinski definition) is 0. The summed E-state index contributed by atoms with van der Waals surface area (Å²) in [6.07, 6.45) is 3.89. The number of imidazole rings is 1. The van der Waals surface area contributed by atoms with Crippen LogP contribution in [-0.4, -0.2) is 9.38 Å². The molecular formula is C11H12N2. The Hall–Kier alpha value is -1.57. The molecule has 0 aliphatic carbocycles. The second kappa shape index (κ2) is 2.73. The molecule has 0 radical (unpaired) electrons. The van der Waals surface area contributed by atoms with Crippen LogP contribution in [0.1, 0.15) is 17.0 Å². The first-order chi connectivity index (χ1) is 6.22. The second-order valence-corrected chi connectivity index (χ2v) is 3.18. The van der Waals surface area contributed by atoms with Gasteiger partial charge < -0.3 is 4.40 Å². The lowest BCUT2D eigenvalue weighted by molar-refractivity contribution is 1.09. The number of hydrogen-bond acceptors (Lipinski definition) is 1. The largest absolute Gasteiger partial charge is 0.303 e. The Morgan fingerprint density at radius 3 is 2.85 bits per heavy atom. The van der Waals surface area contributed by atoms with E-state index in [-0.39, 0.29) is 0 Å². The highest BCUT2D eigenvalue weighted by molar-refractivity contribution is 5.52. The molecule has 2 rings (SSSR count). The first-order valence-corrected chi connectivity index (χ1v) is 4.30. The maximum absolute atomic E-state index is 4.42. The van der Waals surface area contributed by atoms with Crippen LogP contribution in [0.5, 0.6) is 0 Å². The molecule has 0 aromatic carbocycles. The lowest BCUT2D eigenvalue weighted by atomic mass is 10.3. The van der Waals surface area contributed by atoms with Crippen LogP contribution in [0.2, 0.25) is 0 Å². The second-order valence-electron chi connectivity index (χ2n) is 3.18. The van der Waals surface area contributed by atoms with E-state index in [0.717, 1.165) is 16.9 Å². The van der Waals surface area contributed by atoms with Gasteiger partial charge >= 0.3 is 0 Å². The van der Waals surface area contributed by atoms with Gasteiger partial charge in [0.2, 0.25) is 0 Å². The van der Waals surface area contributed by atoms with Gasteiger partial charge in [-0.2, -0.15) is 0 Å². The molecule has 2 aromatic heterocycles. The van der Waals surface area contributed by atoms with Gasteiger partial charge in [-0.3, -0.25) is 0 Å². The van der Waals surface area contributed by atoms with Crippen LogP contribution in [0.3, 0.4) is 0 Å². The van der Waals surface area contributed by atoms with Crippen molar-refractivity contribution in [3.8, 4) is 0 Å². The number of nitrogens with zero attached hydrogens (tertiary/aromatic N) is 2. The third-order valence-corrected chi connectivity index (χ3v) is 2.35. The van der Waals surface area contributed by atoms with E-state index in [9.17, 15) is 0 Å².